The van der Waals surface area contributed by atoms with Crippen LogP contribution in [0.1, 0.15) is 37.9 Å². The van der Waals surface area contributed by atoms with E-state index in [9.17, 15) is 0 Å². The fourth-order valence-corrected chi connectivity index (χ4v) is 2.18. The van der Waals surface area contributed by atoms with Crippen molar-refractivity contribution in [2.45, 2.75) is 39.3 Å². The summed E-state index contributed by atoms with van der Waals surface area (Å²) < 4.78 is 5.55. The van der Waals surface area contributed by atoms with Crippen LogP contribution in [-0.4, -0.2) is 13.2 Å². The fourth-order valence-electron chi connectivity index (χ4n) is 2.18. The summed E-state index contributed by atoms with van der Waals surface area (Å²) >= 11 is 0. The van der Waals surface area contributed by atoms with Crippen molar-refractivity contribution in [2.75, 3.05) is 7.11 Å². The van der Waals surface area contributed by atoms with E-state index in [1.807, 2.05) is 0 Å². The molecule has 0 saturated carbocycles. The minimum absolute atomic E-state index is 0.0338. The summed E-state index contributed by atoms with van der Waals surface area (Å²) in [5.41, 5.74) is 5.39. The van der Waals surface area contributed by atoms with Gasteiger partial charge in [-0.1, -0.05) is 45.0 Å². The maximum Gasteiger partial charge on any atom is 0.0801 e. The highest BCUT2D eigenvalue weighted by atomic mass is 16.5. The molecule has 2 unspecified atom stereocenters. The van der Waals surface area contributed by atoms with E-state index in [0.29, 0.717) is 5.92 Å². The lowest BCUT2D eigenvalue weighted by Gasteiger charge is -2.29. The van der Waals surface area contributed by atoms with Gasteiger partial charge in [-0.25, -0.2) is 0 Å². The molecule has 0 heterocycles. The Bertz CT molecular complexity index is 339. The van der Waals surface area contributed by atoms with Gasteiger partial charge in [0.15, 0.2) is 0 Å². The van der Waals surface area contributed by atoms with Gasteiger partial charge >= 0.3 is 0 Å². The average molecular weight is 236 g/mol. The van der Waals surface area contributed by atoms with Crippen LogP contribution in [0.3, 0.4) is 0 Å². The van der Waals surface area contributed by atoms with Crippen LogP contribution in [0.2, 0.25) is 0 Å². The van der Waals surface area contributed by atoms with E-state index >= 15 is 0 Å². The Labute approximate surface area is 104 Å². The van der Waals surface area contributed by atoms with Gasteiger partial charge in [0.1, 0.15) is 0 Å². The summed E-state index contributed by atoms with van der Waals surface area (Å²) in [6, 6.07) is 8.53. The molecule has 1 aromatic carbocycles. The molecule has 0 spiro atoms. The zero-order valence-corrected chi connectivity index (χ0v) is 11.2. The van der Waals surface area contributed by atoms with Crippen molar-refractivity contribution < 1.29 is 4.74 Å². The molecule has 1 aromatic rings. The van der Waals surface area contributed by atoms with E-state index in [0.717, 1.165) is 6.42 Å². The Morgan fingerprint density at radius 1 is 1.35 bits per heavy atom. The highest BCUT2D eigenvalue weighted by Crippen LogP contribution is 2.24. The maximum atomic E-state index is 5.68. The van der Waals surface area contributed by atoms with Crippen molar-refractivity contribution in [2.24, 2.45) is 11.8 Å². The van der Waals surface area contributed by atoms with Crippen molar-refractivity contribution >= 4 is 0 Å². The summed E-state index contributed by atoms with van der Waals surface area (Å²) in [6.45, 7) is 6.44. The van der Waals surface area contributed by atoms with Gasteiger partial charge in [0, 0.05) is 7.11 Å². The normalized spacial score (nSPS) is 14.9. The van der Waals surface area contributed by atoms with Crippen molar-refractivity contribution in [3.8, 4) is 0 Å². The zero-order chi connectivity index (χ0) is 12.8. The molecule has 0 radical (unpaired) electrons. The van der Waals surface area contributed by atoms with Crippen molar-refractivity contribution in [3.63, 3.8) is 0 Å². The number of hydrazine groups is 1. The van der Waals surface area contributed by atoms with Gasteiger partial charge in [-0.15, -0.1) is 0 Å². The van der Waals surface area contributed by atoms with Crippen molar-refractivity contribution in [1.82, 2.24) is 5.43 Å². The first-order valence-corrected chi connectivity index (χ1v) is 6.21. The lowest BCUT2D eigenvalue weighted by molar-refractivity contribution is 0.0326. The van der Waals surface area contributed by atoms with Gasteiger partial charge in [0.25, 0.3) is 0 Å². The van der Waals surface area contributed by atoms with Crippen LogP contribution < -0.4 is 11.3 Å². The van der Waals surface area contributed by atoms with Gasteiger partial charge in [-0.2, -0.15) is 0 Å². The Hall–Kier alpha value is -0.900. The Kier molecular flexibility index (Phi) is 5.62. The molecule has 3 nitrogen and oxygen atoms in total. The monoisotopic (exact) mass is 236 g/mol. The molecular formula is C14H24N2O. The van der Waals surface area contributed by atoms with Gasteiger partial charge in [0.05, 0.1) is 12.1 Å². The topological polar surface area (TPSA) is 47.3 Å². The van der Waals surface area contributed by atoms with Gasteiger partial charge in [0.2, 0.25) is 0 Å². The zero-order valence-electron chi connectivity index (χ0n) is 11.2. The first kappa shape index (κ1) is 14.2. The molecule has 2 atom stereocenters. The standard InChI is InChI=1S/C14H24N2O/c1-5-11-7-6-8-12(9-11)13(16-15)14(17-4)10(2)3/h6-10,13-14,16H,5,15H2,1-4H3. The van der Waals surface area contributed by atoms with Crippen LogP contribution >= 0.6 is 0 Å². The van der Waals surface area contributed by atoms with E-state index in [1.165, 1.54) is 11.1 Å². The number of benzene rings is 1. The lowest BCUT2D eigenvalue weighted by atomic mass is 9.92. The number of hydrogen-bond donors (Lipinski definition) is 2. The van der Waals surface area contributed by atoms with Gasteiger partial charge in [-0.05, 0) is 23.5 Å². The van der Waals surface area contributed by atoms with Crippen LogP contribution in [0.25, 0.3) is 0 Å². The molecular weight excluding hydrogens is 212 g/mol. The molecule has 0 aromatic heterocycles. The van der Waals surface area contributed by atoms with Crippen LogP contribution in [-0.2, 0) is 11.2 Å². The minimum Gasteiger partial charge on any atom is -0.379 e. The summed E-state index contributed by atoms with van der Waals surface area (Å²) in [5, 5.41) is 0. The number of nitrogens with two attached hydrogens (primary N) is 1. The van der Waals surface area contributed by atoms with Crippen LogP contribution in [0.5, 0.6) is 0 Å². The van der Waals surface area contributed by atoms with Crippen LogP contribution in [0.15, 0.2) is 24.3 Å². The highest BCUT2D eigenvalue weighted by Gasteiger charge is 2.24. The maximum absolute atomic E-state index is 5.68. The summed E-state index contributed by atoms with van der Waals surface area (Å²) in [5.74, 6) is 6.09. The van der Waals surface area contributed by atoms with Crippen molar-refractivity contribution in [3.05, 3.63) is 35.4 Å². The fraction of sp³-hybridized carbons (Fsp3) is 0.571. The second kappa shape index (κ2) is 6.74. The molecule has 0 fully saturated rings. The number of aryl methyl sites for hydroxylation is 1. The van der Waals surface area contributed by atoms with E-state index in [4.69, 9.17) is 10.6 Å². The third-order valence-electron chi connectivity index (χ3n) is 3.16. The van der Waals surface area contributed by atoms with E-state index < -0.39 is 0 Å². The highest BCUT2D eigenvalue weighted by molar-refractivity contribution is 5.27. The summed E-state index contributed by atoms with van der Waals surface area (Å²) in [7, 11) is 1.73. The third kappa shape index (κ3) is 3.53. The Morgan fingerprint density at radius 2 is 2.06 bits per heavy atom. The molecule has 0 aliphatic heterocycles. The molecule has 0 amide bonds. The predicted octanol–water partition coefficient (Wildman–Crippen LogP) is 2.42. The van der Waals surface area contributed by atoms with Crippen molar-refractivity contribution in [1.29, 1.82) is 0 Å². The SMILES string of the molecule is CCc1cccc(C(NN)C(OC)C(C)C)c1. The number of nitrogens with one attached hydrogen (secondary N) is 1. The van der Waals surface area contributed by atoms with Gasteiger partial charge in [-0.3, -0.25) is 11.3 Å². The number of hydrogen-bond acceptors (Lipinski definition) is 3. The molecule has 0 bridgehead atoms. The quantitative estimate of drug-likeness (QED) is 0.589. The van der Waals surface area contributed by atoms with Crippen LogP contribution in [0.4, 0.5) is 0 Å². The number of rotatable bonds is 6. The molecule has 3 heteroatoms. The van der Waals surface area contributed by atoms with E-state index in [2.05, 4.69) is 50.5 Å². The van der Waals surface area contributed by atoms with E-state index in [-0.39, 0.29) is 12.1 Å². The Balaban J connectivity index is 2.99. The molecule has 3 N–H and O–H groups in total. The number of methoxy groups -OCH3 is 1. The number of ether oxygens (including phenoxy) is 1. The second-order valence-electron chi connectivity index (χ2n) is 4.69. The van der Waals surface area contributed by atoms with Crippen LogP contribution in [0, 0.1) is 5.92 Å². The Morgan fingerprint density at radius 3 is 2.53 bits per heavy atom. The third-order valence-corrected chi connectivity index (χ3v) is 3.16. The molecule has 0 aliphatic rings. The largest absolute Gasteiger partial charge is 0.379 e. The minimum atomic E-state index is 0.0338. The molecule has 17 heavy (non-hydrogen) atoms. The predicted molar refractivity (Wildman–Crippen MR) is 71.5 cm³/mol. The first-order valence-electron chi connectivity index (χ1n) is 6.21. The molecule has 96 valence electrons. The van der Waals surface area contributed by atoms with E-state index in [1.54, 1.807) is 7.11 Å². The average Bonchev–Trinajstić information content (AvgIpc) is 2.35. The molecule has 1 rings (SSSR count). The first-order chi connectivity index (χ1) is 8.13. The molecule has 0 saturated heterocycles. The summed E-state index contributed by atoms with van der Waals surface area (Å²) in [6.07, 6.45) is 1.11. The lowest BCUT2D eigenvalue weighted by Crippen LogP contribution is -2.40. The summed E-state index contributed by atoms with van der Waals surface area (Å²) in [4.78, 5) is 0. The molecule has 0 aliphatic carbocycles. The second-order valence-corrected chi connectivity index (χ2v) is 4.69. The van der Waals surface area contributed by atoms with Gasteiger partial charge < -0.3 is 4.74 Å². The smallest absolute Gasteiger partial charge is 0.0801 e.